The smallest absolute Gasteiger partial charge is 0.316 e. The van der Waals surface area contributed by atoms with Gasteiger partial charge in [-0.1, -0.05) is 0 Å². The van der Waals surface area contributed by atoms with Gasteiger partial charge in [0.1, 0.15) is 0 Å². The molecule has 0 aromatic heterocycles. The fraction of sp³-hybridized carbons (Fsp3) is 1.00. The monoisotopic (exact) mass is 189 g/mol. The molecule has 68 valence electrons. The van der Waals surface area contributed by atoms with Crippen molar-refractivity contribution in [3.05, 3.63) is 0 Å². The van der Waals surface area contributed by atoms with Crippen molar-refractivity contribution in [2.24, 2.45) is 5.41 Å². The molecule has 5 heteroatoms. The van der Waals surface area contributed by atoms with Crippen molar-refractivity contribution in [2.75, 3.05) is 13.1 Å². The molecule has 0 aromatic carbocycles. The van der Waals surface area contributed by atoms with Crippen LogP contribution in [-0.4, -0.2) is 19.3 Å². The molecule has 1 rings (SSSR count). The number of halogens is 4. The van der Waals surface area contributed by atoms with Crippen LogP contribution < -0.4 is 5.32 Å². The molecule has 1 unspecified atom stereocenters. The minimum atomic E-state index is -4.05. The summed E-state index contributed by atoms with van der Waals surface area (Å²) in [6, 6.07) is 0. The van der Waals surface area contributed by atoms with Crippen LogP contribution in [-0.2, 0) is 0 Å². The van der Waals surface area contributed by atoms with Gasteiger partial charge < -0.3 is 5.32 Å². The Morgan fingerprint density at radius 1 is 1.36 bits per heavy atom. The molecule has 1 aliphatic rings. The molecule has 0 radical (unpaired) electrons. The average Bonchev–Trinajstić information content (AvgIpc) is 2.13. The molecule has 0 aliphatic carbocycles. The molecule has 0 amide bonds. The van der Waals surface area contributed by atoms with Crippen molar-refractivity contribution < 1.29 is 13.2 Å². The molecule has 1 saturated heterocycles. The van der Waals surface area contributed by atoms with Gasteiger partial charge in [-0.3, -0.25) is 0 Å². The molecule has 1 heterocycles. The third kappa shape index (κ3) is 1.99. The van der Waals surface area contributed by atoms with Crippen LogP contribution in [0, 0.1) is 5.41 Å². The van der Waals surface area contributed by atoms with Gasteiger partial charge in [-0.25, -0.2) is 0 Å². The lowest BCUT2D eigenvalue weighted by Crippen LogP contribution is -2.36. The van der Waals surface area contributed by atoms with E-state index in [0.717, 1.165) is 0 Å². The van der Waals surface area contributed by atoms with Gasteiger partial charge in [0, 0.05) is 6.54 Å². The Labute approximate surface area is 69.8 Å². The summed E-state index contributed by atoms with van der Waals surface area (Å²) in [5.74, 6) is 0. The third-order valence-electron chi connectivity index (χ3n) is 2.05. The van der Waals surface area contributed by atoms with Crippen molar-refractivity contribution in [3.63, 3.8) is 0 Å². The summed E-state index contributed by atoms with van der Waals surface area (Å²) in [6.45, 7) is 1.81. The summed E-state index contributed by atoms with van der Waals surface area (Å²) < 4.78 is 36.3. The van der Waals surface area contributed by atoms with Gasteiger partial charge >= 0.3 is 6.18 Å². The number of hydrogen-bond donors (Lipinski definition) is 1. The van der Waals surface area contributed by atoms with E-state index in [1.54, 1.807) is 0 Å². The molecule has 1 fully saturated rings. The van der Waals surface area contributed by atoms with Crippen LogP contribution in [0.4, 0.5) is 13.2 Å². The second-order valence-electron chi connectivity index (χ2n) is 2.99. The summed E-state index contributed by atoms with van der Waals surface area (Å²) >= 11 is 0. The fourth-order valence-electron chi connectivity index (χ4n) is 1.06. The zero-order chi connectivity index (χ0) is 7.83. The van der Waals surface area contributed by atoms with Crippen LogP contribution in [0.2, 0.25) is 0 Å². The van der Waals surface area contributed by atoms with Gasteiger partial charge in [0.15, 0.2) is 0 Å². The predicted molar refractivity (Wildman–Crippen MR) is 38.9 cm³/mol. The maximum absolute atomic E-state index is 12.1. The molecule has 1 N–H and O–H groups in total. The molecule has 0 bridgehead atoms. The van der Waals surface area contributed by atoms with E-state index in [1.807, 2.05) is 0 Å². The van der Waals surface area contributed by atoms with Gasteiger partial charge in [0.25, 0.3) is 0 Å². The van der Waals surface area contributed by atoms with Crippen molar-refractivity contribution in [1.82, 2.24) is 5.32 Å². The molecule has 0 aromatic rings. The Morgan fingerprint density at radius 3 is 2.09 bits per heavy atom. The quantitative estimate of drug-likeness (QED) is 0.615. The van der Waals surface area contributed by atoms with Gasteiger partial charge in [0.2, 0.25) is 0 Å². The van der Waals surface area contributed by atoms with Crippen LogP contribution in [0.25, 0.3) is 0 Å². The summed E-state index contributed by atoms with van der Waals surface area (Å²) in [4.78, 5) is 0. The summed E-state index contributed by atoms with van der Waals surface area (Å²) in [5, 5.41) is 2.70. The summed E-state index contributed by atoms with van der Waals surface area (Å²) in [5.41, 5.74) is -1.48. The number of hydrogen-bond acceptors (Lipinski definition) is 1. The first-order chi connectivity index (χ1) is 4.46. The van der Waals surface area contributed by atoms with Gasteiger partial charge in [-0.2, -0.15) is 13.2 Å². The first-order valence-electron chi connectivity index (χ1n) is 3.23. The van der Waals surface area contributed by atoms with Gasteiger partial charge in [0.05, 0.1) is 5.41 Å². The lowest BCUT2D eigenvalue weighted by molar-refractivity contribution is -0.210. The minimum Gasteiger partial charge on any atom is -0.316 e. The zero-order valence-electron chi connectivity index (χ0n) is 6.16. The molecule has 0 saturated carbocycles. The standard InChI is InChI=1S/C6H10F3N.ClH/c1-5(6(7,8)9)2-3-10-4-5;/h10H,2-4H2,1H3;1H. The molecule has 1 atom stereocenters. The Kier molecular flexibility index (Phi) is 3.20. The molecule has 1 nitrogen and oxygen atoms in total. The molecular formula is C6H11ClF3N. The first kappa shape index (κ1) is 11.0. The zero-order valence-corrected chi connectivity index (χ0v) is 6.98. The van der Waals surface area contributed by atoms with Crippen LogP contribution in [0.15, 0.2) is 0 Å². The SMILES string of the molecule is CC1(C(F)(F)F)CCNC1.Cl. The van der Waals surface area contributed by atoms with Gasteiger partial charge in [-0.15, -0.1) is 12.4 Å². The highest BCUT2D eigenvalue weighted by molar-refractivity contribution is 5.85. The largest absolute Gasteiger partial charge is 0.395 e. The van der Waals surface area contributed by atoms with Crippen LogP contribution in [0.5, 0.6) is 0 Å². The van der Waals surface area contributed by atoms with E-state index in [0.29, 0.717) is 6.54 Å². The van der Waals surface area contributed by atoms with Crippen LogP contribution >= 0.6 is 12.4 Å². The summed E-state index contributed by atoms with van der Waals surface area (Å²) in [6.07, 6.45) is -3.84. The van der Waals surface area contributed by atoms with E-state index in [9.17, 15) is 13.2 Å². The van der Waals surface area contributed by atoms with Crippen LogP contribution in [0.3, 0.4) is 0 Å². The maximum Gasteiger partial charge on any atom is 0.395 e. The third-order valence-corrected chi connectivity index (χ3v) is 2.05. The Morgan fingerprint density at radius 2 is 1.91 bits per heavy atom. The van der Waals surface area contributed by atoms with E-state index >= 15 is 0 Å². The molecule has 11 heavy (non-hydrogen) atoms. The highest BCUT2D eigenvalue weighted by atomic mass is 35.5. The average molecular weight is 190 g/mol. The van der Waals surface area contributed by atoms with Crippen molar-refractivity contribution >= 4 is 12.4 Å². The lowest BCUT2D eigenvalue weighted by Gasteiger charge is -2.25. The van der Waals surface area contributed by atoms with E-state index in [4.69, 9.17) is 0 Å². The Hall–Kier alpha value is 0.0400. The maximum atomic E-state index is 12.1. The van der Waals surface area contributed by atoms with E-state index in [-0.39, 0.29) is 25.4 Å². The topological polar surface area (TPSA) is 12.0 Å². The second kappa shape index (κ2) is 3.19. The fourth-order valence-corrected chi connectivity index (χ4v) is 1.06. The van der Waals surface area contributed by atoms with Crippen molar-refractivity contribution in [3.8, 4) is 0 Å². The van der Waals surface area contributed by atoms with Crippen LogP contribution in [0.1, 0.15) is 13.3 Å². The Balaban J connectivity index is 0.000001000. The number of alkyl halides is 3. The Bertz CT molecular complexity index is 128. The van der Waals surface area contributed by atoms with E-state index < -0.39 is 11.6 Å². The minimum absolute atomic E-state index is 0. The summed E-state index contributed by atoms with van der Waals surface area (Å²) in [7, 11) is 0. The lowest BCUT2D eigenvalue weighted by atomic mass is 9.89. The molecular weight excluding hydrogens is 179 g/mol. The number of nitrogens with one attached hydrogen (secondary N) is 1. The predicted octanol–water partition coefficient (Wildman–Crippen LogP) is 1.97. The second-order valence-corrected chi connectivity index (χ2v) is 2.99. The number of rotatable bonds is 0. The highest BCUT2D eigenvalue weighted by Gasteiger charge is 2.52. The van der Waals surface area contributed by atoms with Crippen molar-refractivity contribution in [2.45, 2.75) is 19.5 Å². The normalized spacial score (nSPS) is 31.6. The van der Waals surface area contributed by atoms with E-state index in [1.165, 1.54) is 6.92 Å². The highest BCUT2D eigenvalue weighted by Crippen LogP contribution is 2.41. The molecule has 1 aliphatic heterocycles. The van der Waals surface area contributed by atoms with E-state index in [2.05, 4.69) is 5.32 Å². The molecule has 0 spiro atoms. The first-order valence-corrected chi connectivity index (χ1v) is 3.23. The van der Waals surface area contributed by atoms with Crippen molar-refractivity contribution in [1.29, 1.82) is 0 Å². The van der Waals surface area contributed by atoms with Gasteiger partial charge in [-0.05, 0) is 19.9 Å².